The maximum atomic E-state index is 9.61. The summed E-state index contributed by atoms with van der Waals surface area (Å²) in [5.74, 6) is 0.991. The highest BCUT2D eigenvalue weighted by molar-refractivity contribution is 4.84. The van der Waals surface area contributed by atoms with Gasteiger partial charge in [-0.2, -0.15) is 0 Å². The molecular formula is C8H16N4O. The molecule has 1 aromatic heterocycles. The van der Waals surface area contributed by atoms with Crippen molar-refractivity contribution in [2.75, 3.05) is 0 Å². The zero-order valence-electron chi connectivity index (χ0n) is 8.30. The highest BCUT2D eigenvalue weighted by atomic mass is 16.3. The van der Waals surface area contributed by atoms with Crippen LogP contribution in [0.25, 0.3) is 0 Å². The van der Waals surface area contributed by atoms with Crippen molar-refractivity contribution in [2.45, 2.75) is 39.8 Å². The van der Waals surface area contributed by atoms with Gasteiger partial charge in [0.15, 0.2) is 5.82 Å². The number of hydrogen-bond acceptors (Lipinski definition) is 4. The van der Waals surface area contributed by atoms with Crippen LogP contribution in [0, 0.1) is 5.92 Å². The number of aliphatic hydroxyl groups is 1. The van der Waals surface area contributed by atoms with E-state index in [1.54, 1.807) is 4.68 Å². The maximum absolute atomic E-state index is 9.61. The van der Waals surface area contributed by atoms with E-state index in [4.69, 9.17) is 0 Å². The maximum Gasteiger partial charge on any atom is 0.153 e. The lowest BCUT2D eigenvalue weighted by Crippen LogP contribution is -2.20. The fourth-order valence-electron chi connectivity index (χ4n) is 1.04. The van der Waals surface area contributed by atoms with Crippen LogP contribution in [0.3, 0.4) is 0 Å². The lowest BCUT2D eigenvalue weighted by Gasteiger charge is -2.12. The van der Waals surface area contributed by atoms with E-state index in [-0.39, 0.29) is 12.0 Å². The van der Waals surface area contributed by atoms with Gasteiger partial charge in [0.25, 0.3) is 0 Å². The van der Waals surface area contributed by atoms with Gasteiger partial charge in [0.05, 0.1) is 6.10 Å². The van der Waals surface area contributed by atoms with E-state index in [9.17, 15) is 5.11 Å². The topological polar surface area (TPSA) is 63.8 Å². The van der Waals surface area contributed by atoms with Crippen LogP contribution in [-0.2, 0) is 13.0 Å². The van der Waals surface area contributed by atoms with Crippen LogP contribution in [0.5, 0.6) is 0 Å². The molecule has 5 nitrogen and oxygen atoms in total. The fourth-order valence-corrected chi connectivity index (χ4v) is 1.04. The van der Waals surface area contributed by atoms with E-state index in [1.165, 1.54) is 0 Å². The molecule has 0 aliphatic heterocycles. The molecule has 74 valence electrons. The smallest absolute Gasteiger partial charge is 0.153 e. The van der Waals surface area contributed by atoms with Crippen LogP contribution < -0.4 is 0 Å². The molecule has 13 heavy (non-hydrogen) atoms. The number of aromatic nitrogens is 4. The average Bonchev–Trinajstić information content (AvgIpc) is 2.51. The number of rotatable bonds is 4. The molecule has 0 aliphatic rings. The van der Waals surface area contributed by atoms with Crippen molar-refractivity contribution in [3.8, 4) is 0 Å². The van der Waals surface area contributed by atoms with Crippen molar-refractivity contribution in [1.29, 1.82) is 0 Å². The Labute approximate surface area is 77.8 Å². The van der Waals surface area contributed by atoms with E-state index in [2.05, 4.69) is 15.5 Å². The third-order valence-electron chi connectivity index (χ3n) is 2.07. The summed E-state index contributed by atoms with van der Waals surface area (Å²) >= 11 is 0. The molecule has 0 bridgehead atoms. The molecule has 1 aromatic rings. The summed E-state index contributed by atoms with van der Waals surface area (Å²) in [5.41, 5.74) is 0. The molecule has 0 spiro atoms. The van der Waals surface area contributed by atoms with Crippen LogP contribution in [0.2, 0.25) is 0 Å². The van der Waals surface area contributed by atoms with Crippen molar-refractivity contribution in [3.05, 3.63) is 5.82 Å². The Morgan fingerprint density at radius 2 is 2.15 bits per heavy atom. The minimum Gasteiger partial charge on any atom is -0.392 e. The Balaban J connectivity index is 2.62. The van der Waals surface area contributed by atoms with Gasteiger partial charge in [-0.25, -0.2) is 4.68 Å². The van der Waals surface area contributed by atoms with Crippen molar-refractivity contribution in [2.24, 2.45) is 5.92 Å². The Morgan fingerprint density at radius 1 is 1.46 bits per heavy atom. The van der Waals surface area contributed by atoms with Gasteiger partial charge < -0.3 is 5.11 Å². The van der Waals surface area contributed by atoms with Gasteiger partial charge in [0, 0.05) is 13.0 Å². The number of aliphatic hydroxyl groups excluding tert-OH is 1. The summed E-state index contributed by atoms with van der Waals surface area (Å²) in [6, 6.07) is 0. The molecular weight excluding hydrogens is 168 g/mol. The second-order valence-corrected chi connectivity index (χ2v) is 3.43. The third kappa shape index (κ3) is 2.48. The van der Waals surface area contributed by atoms with Gasteiger partial charge in [-0.15, -0.1) is 5.10 Å². The number of tetrazole rings is 1. The summed E-state index contributed by atoms with van der Waals surface area (Å²) in [5, 5.41) is 20.8. The Hall–Kier alpha value is -0.970. The molecule has 0 saturated heterocycles. The molecule has 5 heteroatoms. The van der Waals surface area contributed by atoms with Crippen LogP contribution in [-0.4, -0.2) is 31.4 Å². The monoisotopic (exact) mass is 184 g/mol. The van der Waals surface area contributed by atoms with Gasteiger partial charge in [0.1, 0.15) is 0 Å². The molecule has 0 radical (unpaired) electrons. The average molecular weight is 184 g/mol. The quantitative estimate of drug-likeness (QED) is 0.728. The Bertz CT molecular complexity index is 258. The number of hydrogen-bond donors (Lipinski definition) is 1. The first-order valence-corrected chi connectivity index (χ1v) is 4.58. The van der Waals surface area contributed by atoms with Crippen LogP contribution in [0.15, 0.2) is 0 Å². The van der Waals surface area contributed by atoms with Crippen LogP contribution in [0.1, 0.15) is 26.6 Å². The number of nitrogens with zero attached hydrogens (tertiary/aromatic N) is 4. The second-order valence-electron chi connectivity index (χ2n) is 3.43. The first kappa shape index (κ1) is 10.1. The first-order valence-electron chi connectivity index (χ1n) is 4.58. The SMILES string of the molecule is CCn1nnnc1CC(O)C(C)C. The molecule has 1 N–H and O–H groups in total. The normalized spacial score (nSPS) is 13.6. The number of aryl methyl sites for hydroxylation is 1. The standard InChI is InChI=1S/C8H16N4O/c1-4-12-8(9-10-11-12)5-7(13)6(2)3/h6-7,13H,4-5H2,1-3H3. The lowest BCUT2D eigenvalue weighted by atomic mass is 10.0. The Morgan fingerprint density at radius 3 is 2.69 bits per heavy atom. The third-order valence-corrected chi connectivity index (χ3v) is 2.07. The van der Waals surface area contributed by atoms with Crippen LogP contribution >= 0.6 is 0 Å². The molecule has 1 heterocycles. The van der Waals surface area contributed by atoms with Gasteiger partial charge in [-0.05, 0) is 23.3 Å². The first-order chi connectivity index (χ1) is 6.15. The molecule has 0 saturated carbocycles. The molecule has 1 unspecified atom stereocenters. The minimum atomic E-state index is -0.365. The van der Waals surface area contributed by atoms with E-state index >= 15 is 0 Å². The van der Waals surface area contributed by atoms with E-state index < -0.39 is 0 Å². The van der Waals surface area contributed by atoms with E-state index in [1.807, 2.05) is 20.8 Å². The summed E-state index contributed by atoms with van der Waals surface area (Å²) < 4.78 is 1.70. The van der Waals surface area contributed by atoms with E-state index in [0.717, 1.165) is 12.4 Å². The summed E-state index contributed by atoms with van der Waals surface area (Å²) in [7, 11) is 0. The summed E-state index contributed by atoms with van der Waals surface area (Å²) in [4.78, 5) is 0. The minimum absolute atomic E-state index is 0.238. The molecule has 0 aliphatic carbocycles. The highest BCUT2D eigenvalue weighted by Crippen LogP contribution is 2.06. The van der Waals surface area contributed by atoms with Gasteiger partial charge >= 0.3 is 0 Å². The molecule has 0 fully saturated rings. The van der Waals surface area contributed by atoms with Crippen molar-refractivity contribution >= 4 is 0 Å². The Kier molecular flexibility index (Phi) is 3.36. The second kappa shape index (κ2) is 4.32. The predicted octanol–water partition coefficient (Wildman–Crippen LogP) is 0.252. The molecule has 0 amide bonds. The van der Waals surface area contributed by atoms with Gasteiger partial charge in [-0.3, -0.25) is 0 Å². The van der Waals surface area contributed by atoms with Crippen molar-refractivity contribution < 1.29 is 5.11 Å². The van der Waals surface area contributed by atoms with Crippen molar-refractivity contribution in [1.82, 2.24) is 20.2 Å². The largest absolute Gasteiger partial charge is 0.392 e. The van der Waals surface area contributed by atoms with Crippen LogP contribution in [0.4, 0.5) is 0 Å². The van der Waals surface area contributed by atoms with E-state index in [0.29, 0.717) is 6.42 Å². The predicted molar refractivity (Wildman–Crippen MR) is 48.0 cm³/mol. The zero-order chi connectivity index (χ0) is 9.84. The summed E-state index contributed by atoms with van der Waals surface area (Å²) in [6.45, 7) is 6.67. The zero-order valence-corrected chi connectivity index (χ0v) is 8.30. The molecule has 1 rings (SSSR count). The van der Waals surface area contributed by atoms with Crippen molar-refractivity contribution in [3.63, 3.8) is 0 Å². The highest BCUT2D eigenvalue weighted by Gasteiger charge is 2.14. The molecule has 1 atom stereocenters. The fraction of sp³-hybridized carbons (Fsp3) is 0.875. The van der Waals surface area contributed by atoms with Gasteiger partial charge in [-0.1, -0.05) is 13.8 Å². The molecule has 0 aromatic carbocycles. The lowest BCUT2D eigenvalue weighted by molar-refractivity contribution is 0.122. The van der Waals surface area contributed by atoms with Gasteiger partial charge in [0.2, 0.25) is 0 Å². The summed E-state index contributed by atoms with van der Waals surface area (Å²) in [6.07, 6.45) is 0.162.